The van der Waals surface area contributed by atoms with Crippen LogP contribution in [-0.4, -0.2) is 21.3 Å². The Hall–Kier alpha value is -2.21. The minimum atomic E-state index is -0.406. The van der Waals surface area contributed by atoms with E-state index in [0.717, 1.165) is 0 Å². The summed E-state index contributed by atoms with van der Waals surface area (Å²) in [7, 11) is 1.72. The number of Topliss-reactive ketones (excluding diaryl/α,β-unsaturated/α-hetero) is 1. The Morgan fingerprint density at radius 1 is 1.26 bits per heavy atom. The smallest absolute Gasteiger partial charge is 0.306 e. The molecule has 0 unspecified atom stereocenters. The van der Waals surface area contributed by atoms with Gasteiger partial charge in [0.15, 0.2) is 5.78 Å². The minimum Gasteiger partial charge on any atom is -0.458 e. The zero-order valence-electron chi connectivity index (χ0n) is 12.6. The van der Waals surface area contributed by atoms with Crippen LogP contribution in [0, 0.1) is 5.82 Å². The monoisotopic (exact) mass is 338 g/mol. The fourth-order valence-electron chi connectivity index (χ4n) is 1.95. The molecule has 7 heteroatoms. The quantitative estimate of drug-likeness (QED) is 0.574. The van der Waals surface area contributed by atoms with Gasteiger partial charge in [0, 0.05) is 25.5 Å². The van der Waals surface area contributed by atoms with Gasteiger partial charge in [0.05, 0.1) is 6.20 Å². The van der Waals surface area contributed by atoms with Crippen molar-refractivity contribution in [3.8, 4) is 0 Å². The normalized spacial score (nSPS) is 10.6. The molecule has 0 aliphatic carbocycles. The molecule has 0 bridgehead atoms. The van der Waals surface area contributed by atoms with Crippen molar-refractivity contribution < 1.29 is 18.7 Å². The van der Waals surface area contributed by atoms with E-state index in [9.17, 15) is 14.0 Å². The maximum Gasteiger partial charge on any atom is 0.306 e. The van der Waals surface area contributed by atoms with Crippen LogP contribution in [0.2, 0.25) is 5.15 Å². The van der Waals surface area contributed by atoms with Gasteiger partial charge >= 0.3 is 5.97 Å². The number of ether oxygens (including phenoxy) is 1. The second-order valence-corrected chi connectivity index (χ2v) is 5.39. The average Bonchev–Trinajstić information content (AvgIpc) is 2.85. The van der Waals surface area contributed by atoms with Gasteiger partial charge in [0.25, 0.3) is 0 Å². The Labute approximate surface area is 138 Å². The maximum absolute atomic E-state index is 12.8. The number of imidazole rings is 1. The van der Waals surface area contributed by atoms with E-state index in [1.54, 1.807) is 11.6 Å². The Kier molecular flexibility index (Phi) is 5.87. The van der Waals surface area contributed by atoms with Gasteiger partial charge in [-0.25, -0.2) is 9.37 Å². The number of halogens is 2. The van der Waals surface area contributed by atoms with Crippen LogP contribution in [0.15, 0.2) is 30.5 Å². The van der Waals surface area contributed by atoms with E-state index in [1.165, 1.54) is 30.5 Å². The first-order chi connectivity index (χ1) is 11.0. The van der Waals surface area contributed by atoms with Crippen molar-refractivity contribution in [3.05, 3.63) is 52.8 Å². The Balaban J connectivity index is 1.71. The van der Waals surface area contributed by atoms with Gasteiger partial charge in [0.1, 0.15) is 23.4 Å². The number of benzene rings is 1. The lowest BCUT2D eigenvalue weighted by Gasteiger charge is -2.05. The fraction of sp³-hybridized carbons (Fsp3) is 0.312. The van der Waals surface area contributed by atoms with E-state index in [-0.39, 0.29) is 31.0 Å². The van der Waals surface area contributed by atoms with Crippen LogP contribution < -0.4 is 0 Å². The minimum absolute atomic E-state index is 0.0357. The Bertz CT molecular complexity index is 698. The first kappa shape index (κ1) is 17.1. The Morgan fingerprint density at radius 3 is 2.57 bits per heavy atom. The van der Waals surface area contributed by atoms with Gasteiger partial charge in [-0.15, -0.1) is 0 Å². The topological polar surface area (TPSA) is 61.2 Å². The number of aromatic nitrogens is 2. The van der Waals surface area contributed by atoms with Crippen LogP contribution in [0.1, 0.15) is 35.4 Å². The molecule has 2 aromatic rings. The standard InChI is InChI=1S/C16H16ClFN2O3/c1-20-14(17)9-19-15(20)10-23-16(22)4-2-3-13(21)11-5-7-12(18)8-6-11/h5-9H,2-4,10H2,1H3. The molecule has 0 aliphatic rings. The van der Waals surface area contributed by atoms with Crippen molar-refractivity contribution in [3.63, 3.8) is 0 Å². The van der Waals surface area contributed by atoms with Gasteiger partial charge in [-0.1, -0.05) is 11.6 Å². The van der Waals surface area contributed by atoms with Crippen LogP contribution >= 0.6 is 11.6 Å². The third kappa shape index (κ3) is 4.89. The third-order valence-corrected chi connectivity index (χ3v) is 3.69. The van der Waals surface area contributed by atoms with Gasteiger partial charge in [0.2, 0.25) is 0 Å². The molecule has 1 aromatic heterocycles. The highest BCUT2D eigenvalue weighted by Gasteiger charge is 2.11. The highest BCUT2D eigenvalue weighted by atomic mass is 35.5. The number of carbonyl (C=O) groups excluding carboxylic acids is 2. The number of carbonyl (C=O) groups is 2. The molecule has 0 aliphatic heterocycles. The average molecular weight is 339 g/mol. The summed E-state index contributed by atoms with van der Waals surface area (Å²) in [6, 6.07) is 5.33. The summed E-state index contributed by atoms with van der Waals surface area (Å²) in [5.74, 6) is -0.380. The fourth-order valence-corrected chi connectivity index (χ4v) is 2.10. The first-order valence-corrected chi connectivity index (χ1v) is 7.45. The van der Waals surface area contributed by atoms with Crippen LogP contribution in [0.4, 0.5) is 4.39 Å². The van der Waals surface area contributed by atoms with Crippen molar-refractivity contribution in [2.45, 2.75) is 25.9 Å². The van der Waals surface area contributed by atoms with Crippen molar-refractivity contribution in [2.24, 2.45) is 7.05 Å². The number of hydrogen-bond acceptors (Lipinski definition) is 4. The summed E-state index contributed by atoms with van der Waals surface area (Å²) in [4.78, 5) is 27.5. The van der Waals surface area contributed by atoms with Crippen molar-refractivity contribution >= 4 is 23.4 Å². The van der Waals surface area contributed by atoms with Gasteiger partial charge in [-0.2, -0.15) is 0 Å². The maximum atomic E-state index is 12.8. The molecule has 122 valence electrons. The molecule has 0 N–H and O–H groups in total. The molecule has 0 atom stereocenters. The molecule has 2 rings (SSSR count). The van der Waals surface area contributed by atoms with E-state index in [2.05, 4.69) is 4.98 Å². The van der Waals surface area contributed by atoms with E-state index in [4.69, 9.17) is 16.3 Å². The van der Waals surface area contributed by atoms with Crippen molar-refractivity contribution in [2.75, 3.05) is 0 Å². The van der Waals surface area contributed by atoms with Crippen LogP contribution in [0.5, 0.6) is 0 Å². The van der Waals surface area contributed by atoms with Crippen LogP contribution in [0.25, 0.3) is 0 Å². The van der Waals surface area contributed by atoms with E-state index >= 15 is 0 Å². The predicted octanol–water partition coefficient (Wildman–Crippen LogP) is 3.31. The van der Waals surface area contributed by atoms with Gasteiger partial charge < -0.3 is 9.30 Å². The molecule has 1 aromatic carbocycles. The molecule has 0 spiro atoms. The highest BCUT2D eigenvalue weighted by molar-refractivity contribution is 6.29. The highest BCUT2D eigenvalue weighted by Crippen LogP contribution is 2.11. The SMILES string of the molecule is Cn1c(Cl)cnc1COC(=O)CCCC(=O)c1ccc(F)cc1. The van der Waals surface area contributed by atoms with E-state index < -0.39 is 5.97 Å². The lowest BCUT2D eigenvalue weighted by atomic mass is 10.1. The second-order valence-electron chi connectivity index (χ2n) is 5.00. The molecule has 23 heavy (non-hydrogen) atoms. The van der Waals surface area contributed by atoms with Gasteiger partial charge in [-0.05, 0) is 30.7 Å². The molecule has 0 fully saturated rings. The van der Waals surface area contributed by atoms with Crippen molar-refractivity contribution in [1.82, 2.24) is 9.55 Å². The third-order valence-electron chi connectivity index (χ3n) is 3.34. The summed E-state index contributed by atoms with van der Waals surface area (Å²) in [6.45, 7) is 0.0357. The number of nitrogens with zero attached hydrogens (tertiary/aromatic N) is 2. The van der Waals surface area contributed by atoms with E-state index in [0.29, 0.717) is 23.0 Å². The van der Waals surface area contributed by atoms with Crippen LogP contribution in [-0.2, 0) is 23.2 Å². The lowest BCUT2D eigenvalue weighted by molar-refractivity contribution is -0.145. The molecule has 5 nitrogen and oxygen atoms in total. The van der Waals surface area contributed by atoms with Crippen LogP contribution in [0.3, 0.4) is 0 Å². The largest absolute Gasteiger partial charge is 0.458 e. The molecular weight excluding hydrogens is 323 g/mol. The summed E-state index contributed by atoms with van der Waals surface area (Å²) >= 11 is 5.83. The molecule has 1 heterocycles. The van der Waals surface area contributed by atoms with Gasteiger partial charge in [-0.3, -0.25) is 9.59 Å². The number of esters is 1. The second kappa shape index (κ2) is 7.87. The predicted molar refractivity (Wildman–Crippen MR) is 82.6 cm³/mol. The molecule has 0 saturated carbocycles. The first-order valence-electron chi connectivity index (χ1n) is 7.08. The summed E-state index contributed by atoms with van der Waals surface area (Å²) in [6.07, 6.45) is 2.18. The molecule has 0 radical (unpaired) electrons. The zero-order chi connectivity index (χ0) is 16.8. The number of rotatable bonds is 7. The summed E-state index contributed by atoms with van der Waals surface area (Å²) in [5.41, 5.74) is 0.433. The van der Waals surface area contributed by atoms with Crippen molar-refractivity contribution in [1.29, 1.82) is 0 Å². The van der Waals surface area contributed by atoms with E-state index in [1.807, 2.05) is 0 Å². The zero-order valence-corrected chi connectivity index (χ0v) is 13.3. The number of hydrogen-bond donors (Lipinski definition) is 0. The number of ketones is 1. The molecule has 0 amide bonds. The lowest BCUT2D eigenvalue weighted by Crippen LogP contribution is -2.09. The summed E-state index contributed by atoms with van der Waals surface area (Å²) in [5, 5.41) is 0.459. The molecular formula is C16H16ClFN2O3. The Morgan fingerprint density at radius 2 is 1.96 bits per heavy atom. The summed E-state index contributed by atoms with van der Waals surface area (Å²) < 4.78 is 19.5. The molecule has 0 saturated heterocycles.